The summed E-state index contributed by atoms with van der Waals surface area (Å²) >= 11 is 0. The Kier molecular flexibility index (Phi) is 14.2. The molecular weight excluding hydrogens is 725 g/mol. The van der Waals surface area contributed by atoms with Gasteiger partial charge in [0.25, 0.3) is 0 Å². The van der Waals surface area contributed by atoms with E-state index in [1.807, 2.05) is 18.4 Å². The van der Waals surface area contributed by atoms with Crippen LogP contribution in [0.2, 0.25) is 0 Å². The number of nitrogens with one attached hydrogen (secondary N) is 1. The van der Waals surface area contributed by atoms with Gasteiger partial charge in [0.2, 0.25) is 0 Å². The lowest BCUT2D eigenvalue weighted by Gasteiger charge is -2.35. The summed E-state index contributed by atoms with van der Waals surface area (Å²) in [7, 11) is 0. The van der Waals surface area contributed by atoms with E-state index in [1.54, 1.807) is 6.08 Å². The van der Waals surface area contributed by atoms with Gasteiger partial charge in [-0.25, -0.2) is 0 Å². The largest absolute Gasteiger partial charge is 0.361 e. The van der Waals surface area contributed by atoms with E-state index in [4.69, 9.17) is 0 Å². The summed E-state index contributed by atoms with van der Waals surface area (Å²) in [5.74, 6) is 6.80. The average Bonchev–Trinajstić information content (AvgIpc) is 3.39. The van der Waals surface area contributed by atoms with Crippen LogP contribution in [0.3, 0.4) is 0 Å². The van der Waals surface area contributed by atoms with Crippen molar-refractivity contribution in [3.05, 3.63) is 222 Å². The van der Waals surface area contributed by atoms with Gasteiger partial charge in [0.1, 0.15) is 0 Å². The SMILES string of the molecule is C=C/C=C\C1=C(/C)c2ccccc2\C=C/C(C2=CCCC=C2)=C\C=C\N1.CCCCC(/C=C\C1=CC=CC#CC1)C1(C)C=CC(n2c3ccccc3c3ccccc32)=CC1. The van der Waals surface area contributed by atoms with Crippen molar-refractivity contribution in [1.29, 1.82) is 0 Å². The maximum absolute atomic E-state index is 3.78. The fraction of sp³-hybridized carbons (Fsp3) is 0.207. The van der Waals surface area contributed by atoms with Gasteiger partial charge in [-0.2, -0.15) is 0 Å². The van der Waals surface area contributed by atoms with Gasteiger partial charge in [-0.15, -0.1) is 0 Å². The highest BCUT2D eigenvalue weighted by molar-refractivity contribution is 6.10. The van der Waals surface area contributed by atoms with E-state index >= 15 is 0 Å². The van der Waals surface area contributed by atoms with Crippen molar-refractivity contribution in [3.63, 3.8) is 0 Å². The molecule has 2 heteroatoms. The summed E-state index contributed by atoms with van der Waals surface area (Å²) in [6.07, 6.45) is 49.2. The smallest absolute Gasteiger partial charge is 0.0540 e. The van der Waals surface area contributed by atoms with E-state index < -0.39 is 0 Å². The summed E-state index contributed by atoms with van der Waals surface area (Å²) in [4.78, 5) is 0. The molecule has 8 rings (SSSR count). The number of nitrogens with zero attached hydrogens (tertiary/aromatic N) is 1. The molecule has 0 saturated heterocycles. The van der Waals surface area contributed by atoms with E-state index in [1.165, 1.54) is 80.2 Å². The topological polar surface area (TPSA) is 17.0 Å². The summed E-state index contributed by atoms with van der Waals surface area (Å²) in [5.41, 5.74) is 12.5. The third-order valence-electron chi connectivity index (χ3n) is 11.9. The van der Waals surface area contributed by atoms with E-state index in [-0.39, 0.29) is 5.41 Å². The van der Waals surface area contributed by atoms with Crippen LogP contribution >= 0.6 is 0 Å². The van der Waals surface area contributed by atoms with Crippen LogP contribution in [-0.2, 0) is 0 Å². The fourth-order valence-electron chi connectivity index (χ4n) is 8.41. The molecule has 0 amide bonds. The van der Waals surface area contributed by atoms with Gasteiger partial charge < -0.3 is 9.88 Å². The highest BCUT2D eigenvalue weighted by Gasteiger charge is 2.31. The summed E-state index contributed by atoms with van der Waals surface area (Å²) in [5, 5.41) is 6.06. The Balaban J connectivity index is 0.000000189. The normalized spacial score (nSPS) is 22.4. The fourth-order valence-corrected chi connectivity index (χ4v) is 8.41. The standard InChI is InChI=1S/C33H33N.C25H25N/c1-3-4-15-27(21-20-26-13-7-5-6-8-14-26)33(2)24-22-28(23-25-33)34-31-18-11-9-16-29(31)30-17-10-12-19-32(30)34;1-3-4-16-25-20(2)24-15-9-8-13-23(24)18-17-22(14-10-19-26-25)21-11-6-5-7-12-21/h5,7,9-13,16-24,27H,3-4,14-15,25H2,1-2H3;3-4,6,8-19,26H,1,5,7H2,2H3/b21-20-;16-4-,18-17-,19-10+,22-14+,25-20-. The Hall–Kier alpha value is -6.56. The molecule has 4 aromatic rings. The zero-order valence-electron chi connectivity index (χ0n) is 35.6. The molecule has 2 nitrogen and oxygen atoms in total. The second-order valence-corrected chi connectivity index (χ2v) is 16.1. The van der Waals surface area contributed by atoms with Crippen LogP contribution < -0.4 is 5.32 Å². The minimum atomic E-state index is 0.112. The molecule has 3 aliphatic carbocycles. The molecule has 0 fully saturated rings. The zero-order chi connectivity index (χ0) is 41.6. The average molecular weight is 783 g/mol. The van der Waals surface area contributed by atoms with Crippen molar-refractivity contribution in [2.75, 3.05) is 0 Å². The molecule has 2 atom stereocenters. The van der Waals surface area contributed by atoms with Crippen molar-refractivity contribution in [3.8, 4) is 11.8 Å². The Morgan fingerprint density at radius 2 is 1.63 bits per heavy atom. The van der Waals surface area contributed by atoms with Crippen molar-refractivity contribution < 1.29 is 0 Å². The number of para-hydroxylation sites is 2. The van der Waals surface area contributed by atoms with Crippen molar-refractivity contribution >= 4 is 39.2 Å². The highest BCUT2D eigenvalue weighted by Crippen LogP contribution is 2.43. The van der Waals surface area contributed by atoms with Gasteiger partial charge in [0.05, 0.1) is 11.0 Å². The first-order valence-electron chi connectivity index (χ1n) is 21.7. The molecule has 3 aromatic carbocycles. The van der Waals surface area contributed by atoms with Crippen LogP contribution in [-0.4, -0.2) is 4.57 Å². The lowest BCUT2D eigenvalue weighted by Crippen LogP contribution is -2.25. The van der Waals surface area contributed by atoms with E-state index in [2.05, 4.69) is 213 Å². The number of fused-ring (bicyclic) bond motifs is 4. The number of benzene rings is 3. The molecule has 0 radical (unpaired) electrons. The van der Waals surface area contributed by atoms with Crippen molar-refractivity contribution in [2.45, 2.75) is 65.7 Å². The molecular formula is C58H58N2. The number of unbranched alkanes of at least 4 members (excludes halogenated alkanes) is 1. The summed E-state index contributed by atoms with van der Waals surface area (Å²) < 4.78 is 2.43. The molecule has 60 heavy (non-hydrogen) atoms. The van der Waals surface area contributed by atoms with Gasteiger partial charge in [-0.3, -0.25) is 0 Å². The second kappa shape index (κ2) is 20.4. The van der Waals surface area contributed by atoms with Gasteiger partial charge >= 0.3 is 0 Å². The van der Waals surface area contributed by atoms with Gasteiger partial charge in [0.15, 0.2) is 0 Å². The molecule has 0 spiro atoms. The predicted molar refractivity (Wildman–Crippen MR) is 262 cm³/mol. The van der Waals surface area contributed by atoms with Gasteiger partial charge in [-0.1, -0.05) is 191 Å². The van der Waals surface area contributed by atoms with Crippen LogP contribution in [0.4, 0.5) is 0 Å². The number of hydrogen-bond acceptors (Lipinski definition) is 1. The lowest BCUT2D eigenvalue weighted by atomic mass is 9.70. The molecule has 1 aliphatic heterocycles. The predicted octanol–water partition coefficient (Wildman–Crippen LogP) is 15.3. The quantitative estimate of drug-likeness (QED) is 0.125. The molecule has 0 saturated carbocycles. The van der Waals surface area contributed by atoms with Crippen LogP contribution in [0.1, 0.15) is 76.8 Å². The molecule has 1 aromatic heterocycles. The molecule has 4 aliphatic rings. The van der Waals surface area contributed by atoms with E-state index in [9.17, 15) is 0 Å². The van der Waals surface area contributed by atoms with E-state index in [0.29, 0.717) is 5.92 Å². The van der Waals surface area contributed by atoms with Gasteiger partial charge in [-0.05, 0) is 114 Å². The third-order valence-corrected chi connectivity index (χ3v) is 11.9. The Morgan fingerprint density at radius 3 is 2.37 bits per heavy atom. The first-order valence-corrected chi connectivity index (χ1v) is 21.7. The Bertz CT molecular complexity index is 2600. The van der Waals surface area contributed by atoms with Crippen molar-refractivity contribution in [2.24, 2.45) is 11.3 Å². The molecule has 0 bridgehead atoms. The second-order valence-electron chi connectivity index (χ2n) is 16.1. The Morgan fingerprint density at radius 1 is 0.850 bits per heavy atom. The minimum absolute atomic E-state index is 0.112. The molecule has 300 valence electrons. The Labute approximate surface area is 358 Å². The first kappa shape index (κ1) is 41.6. The highest BCUT2D eigenvalue weighted by atomic mass is 15.0. The maximum Gasteiger partial charge on any atom is 0.0540 e. The number of hydrogen-bond donors (Lipinski definition) is 1. The molecule has 1 N–H and O–H groups in total. The monoisotopic (exact) mass is 782 g/mol. The summed E-state index contributed by atoms with van der Waals surface area (Å²) in [6.45, 7) is 10.6. The van der Waals surface area contributed by atoms with Crippen LogP contribution in [0.15, 0.2) is 211 Å². The summed E-state index contributed by atoms with van der Waals surface area (Å²) in [6, 6.07) is 26.0. The lowest BCUT2D eigenvalue weighted by molar-refractivity contribution is 0.287. The van der Waals surface area contributed by atoms with Crippen LogP contribution in [0, 0.1) is 23.2 Å². The van der Waals surface area contributed by atoms with Crippen LogP contribution in [0.5, 0.6) is 0 Å². The molecule has 2 heterocycles. The van der Waals surface area contributed by atoms with Crippen molar-refractivity contribution in [1.82, 2.24) is 9.88 Å². The third kappa shape index (κ3) is 9.99. The number of aromatic nitrogens is 1. The van der Waals surface area contributed by atoms with E-state index in [0.717, 1.165) is 31.4 Å². The zero-order valence-corrected chi connectivity index (χ0v) is 35.6. The van der Waals surface area contributed by atoms with Gasteiger partial charge in [0, 0.05) is 34.8 Å². The number of rotatable bonds is 10. The minimum Gasteiger partial charge on any atom is -0.361 e. The van der Waals surface area contributed by atoms with Crippen LogP contribution in [0.25, 0.3) is 39.2 Å². The number of allylic oxidation sites excluding steroid dienone is 22. The molecule has 2 unspecified atom stereocenters. The first-order chi connectivity index (χ1) is 29.5. The maximum atomic E-state index is 3.78.